The van der Waals surface area contributed by atoms with Crippen LogP contribution in [0.3, 0.4) is 0 Å². The van der Waals surface area contributed by atoms with Gasteiger partial charge in [0.05, 0.1) is 30.5 Å². The molecule has 3 aromatic rings. The van der Waals surface area contributed by atoms with Gasteiger partial charge in [-0.3, -0.25) is 0 Å². The lowest BCUT2D eigenvalue weighted by Gasteiger charge is -2.25. The van der Waals surface area contributed by atoms with Gasteiger partial charge >= 0.3 is 5.97 Å². The first-order chi connectivity index (χ1) is 12.5. The van der Waals surface area contributed by atoms with E-state index in [2.05, 4.69) is 13.6 Å². The Morgan fingerprint density at radius 1 is 1.19 bits per heavy atom. The Labute approximate surface area is 155 Å². The van der Waals surface area contributed by atoms with Gasteiger partial charge in [-0.2, -0.15) is 8.75 Å². The summed E-state index contributed by atoms with van der Waals surface area (Å²) in [6, 6.07) is 10.7. The molecule has 7 heteroatoms. The largest absolute Gasteiger partial charge is 0.475 e. The number of fused-ring (bicyclic) bond motifs is 1. The Balaban J connectivity index is 2.11. The highest BCUT2D eigenvalue weighted by Gasteiger charge is 2.33. The lowest BCUT2D eigenvalue weighted by molar-refractivity contribution is -0.158. The monoisotopic (exact) mass is 367 g/mol. The number of esters is 1. The molecule has 0 radical (unpaired) electrons. The molecule has 1 heterocycles. The van der Waals surface area contributed by atoms with Gasteiger partial charge in [0, 0.05) is 0 Å². The summed E-state index contributed by atoms with van der Waals surface area (Å²) in [5.74, 6) is 0.0737. The molecule has 0 unspecified atom stereocenters. The van der Waals surface area contributed by atoms with E-state index in [1.54, 1.807) is 39.0 Å². The first-order valence-electron chi connectivity index (χ1n) is 8.05. The van der Waals surface area contributed by atoms with Crippen LogP contribution in [0.15, 0.2) is 36.4 Å². The standard InChI is InChI=1S/C19H17N3O3S/c1-5-24-18(23)19(2,3)25-15-11-10-14-17(22-26-21-14)16(15)12-6-8-13(20-4)9-7-12/h6-11H,5H2,1-3H3. The number of aromatic nitrogens is 2. The van der Waals surface area contributed by atoms with E-state index < -0.39 is 11.6 Å². The Morgan fingerprint density at radius 3 is 2.58 bits per heavy atom. The summed E-state index contributed by atoms with van der Waals surface area (Å²) >= 11 is 1.11. The van der Waals surface area contributed by atoms with Crippen LogP contribution in [0.4, 0.5) is 5.69 Å². The molecule has 2 aromatic carbocycles. The Bertz CT molecular complexity index is 987. The lowest BCUT2D eigenvalue weighted by atomic mass is 10.0. The van der Waals surface area contributed by atoms with E-state index in [9.17, 15) is 4.79 Å². The minimum Gasteiger partial charge on any atom is -0.475 e. The summed E-state index contributed by atoms with van der Waals surface area (Å²) in [5, 5.41) is 0. The van der Waals surface area contributed by atoms with Crippen LogP contribution >= 0.6 is 11.7 Å². The van der Waals surface area contributed by atoms with Crippen molar-refractivity contribution in [2.24, 2.45) is 0 Å². The molecule has 0 atom stereocenters. The topological polar surface area (TPSA) is 65.7 Å². The van der Waals surface area contributed by atoms with E-state index in [1.807, 2.05) is 18.2 Å². The van der Waals surface area contributed by atoms with E-state index in [-0.39, 0.29) is 6.61 Å². The summed E-state index contributed by atoms with van der Waals surface area (Å²) in [6.45, 7) is 12.5. The lowest BCUT2D eigenvalue weighted by Crippen LogP contribution is -2.39. The zero-order valence-electron chi connectivity index (χ0n) is 14.6. The highest BCUT2D eigenvalue weighted by molar-refractivity contribution is 7.00. The zero-order chi connectivity index (χ0) is 18.7. The number of nitrogens with zero attached hydrogens (tertiary/aromatic N) is 3. The molecule has 0 saturated heterocycles. The molecule has 0 aliphatic carbocycles. The normalized spacial score (nSPS) is 11.2. The van der Waals surface area contributed by atoms with Crippen LogP contribution in [0.25, 0.3) is 27.0 Å². The minimum absolute atomic E-state index is 0.283. The first kappa shape index (κ1) is 17.8. The summed E-state index contributed by atoms with van der Waals surface area (Å²) in [4.78, 5) is 15.6. The zero-order valence-corrected chi connectivity index (χ0v) is 15.5. The minimum atomic E-state index is -1.15. The van der Waals surface area contributed by atoms with E-state index >= 15 is 0 Å². The number of hydrogen-bond donors (Lipinski definition) is 0. The molecular formula is C19H17N3O3S. The number of rotatable bonds is 5. The molecular weight excluding hydrogens is 350 g/mol. The molecule has 0 N–H and O–H groups in total. The van der Waals surface area contributed by atoms with Gasteiger partial charge in [-0.05, 0) is 38.5 Å². The van der Waals surface area contributed by atoms with Crippen molar-refractivity contribution in [1.29, 1.82) is 0 Å². The predicted molar refractivity (Wildman–Crippen MR) is 100 cm³/mol. The van der Waals surface area contributed by atoms with Crippen LogP contribution in [0, 0.1) is 6.57 Å². The molecule has 0 aliphatic heterocycles. The predicted octanol–water partition coefficient (Wildman–Crippen LogP) is 4.63. The average molecular weight is 367 g/mol. The molecule has 0 spiro atoms. The second-order valence-corrected chi connectivity index (χ2v) is 6.59. The van der Waals surface area contributed by atoms with Gasteiger partial charge in [0.2, 0.25) is 0 Å². The van der Waals surface area contributed by atoms with E-state index in [1.165, 1.54) is 0 Å². The number of hydrogen-bond acceptors (Lipinski definition) is 6. The highest BCUT2D eigenvalue weighted by atomic mass is 32.1. The van der Waals surface area contributed by atoms with Crippen molar-refractivity contribution in [3.63, 3.8) is 0 Å². The smallest absolute Gasteiger partial charge is 0.349 e. The van der Waals surface area contributed by atoms with Crippen LogP contribution in [0.5, 0.6) is 5.75 Å². The maximum absolute atomic E-state index is 12.2. The Hall–Kier alpha value is -2.98. The maximum atomic E-state index is 12.2. The molecule has 132 valence electrons. The van der Waals surface area contributed by atoms with Gasteiger partial charge in [0.25, 0.3) is 0 Å². The second kappa shape index (κ2) is 7.10. The van der Waals surface area contributed by atoms with Crippen molar-refractivity contribution in [2.75, 3.05) is 6.61 Å². The summed E-state index contributed by atoms with van der Waals surface area (Å²) in [5.41, 5.74) is 2.42. The van der Waals surface area contributed by atoms with Crippen molar-refractivity contribution in [3.8, 4) is 16.9 Å². The molecule has 3 rings (SSSR count). The van der Waals surface area contributed by atoms with Crippen LogP contribution in [-0.2, 0) is 9.53 Å². The van der Waals surface area contributed by atoms with Crippen LogP contribution in [-0.4, -0.2) is 26.9 Å². The summed E-state index contributed by atoms with van der Waals surface area (Å²) in [7, 11) is 0. The molecule has 26 heavy (non-hydrogen) atoms. The van der Waals surface area contributed by atoms with E-state index in [0.29, 0.717) is 17.0 Å². The number of benzene rings is 2. The third-order valence-electron chi connectivity index (χ3n) is 3.81. The fourth-order valence-electron chi connectivity index (χ4n) is 2.52. The van der Waals surface area contributed by atoms with Gasteiger partial charge in [0.15, 0.2) is 11.3 Å². The summed E-state index contributed by atoms with van der Waals surface area (Å²) < 4.78 is 19.8. The van der Waals surface area contributed by atoms with Crippen molar-refractivity contribution in [1.82, 2.24) is 8.75 Å². The summed E-state index contributed by atoms with van der Waals surface area (Å²) in [6.07, 6.45) is 0. The van der Waals surface area contributed by atoms with Crippen molar-refractivity contribution < 1.29 is 14.3 Å². The van der Waals surface area contributed by atoms with Crippen LogP contribution in [0.2, 0.25) is 0 Å². The van der Waals surface area contributed by atoms with Gasteiger partial charge in [-0.1, -0.05) is 24.3 Å². The SMILES string of the molecule is [C-]#[N+]c1ccc(-c2c(OC(C)(C)C(=O)OCC)ccc3nsnc23)cc1. The van der Waals surface area contributed by atoms with Gasteiger partial charge in [-0.15, -0.1) is 0 Å². The second-order valence-electron chi connectivity index (χ2n) is 6.06. The van der Waals surface area contributed by atoms with E-state index in [0.717, 1.165) is 28.4 Å². The highest BCUT2D eigenvalue weighted by Crippen LogP contribution is 2.38. The average Bonchev–Trinajstić information content (AvgIpc) is 3.10. The fourth-order valence-corrected chi connectivity index (χ4v) is 3.06. The Kier molecular flexibility index (Phi) is 4.87. The van der Waals surface area contributed by atoms with Crippen molar-refractivity contribution in [3.05, 3.63) is 47.8 Å². The molecule has 6 nitrogen and oxygen atoms in total. The van der Waals surface area contributed by atoms with Gasteiger partial charge in [-0.25, -0.2) is 9.64 Å². The third-order valence-corrected chi connectivity index (χ3v) is 4.35. The molecule has 0 aliphatic rings. The molecule has 0 amide bonds. The maximum Gasteiger partial charge on any atom is 0.349 e. The number of ether oxygens (including phenoxy) is 2. The van der Waals surface area contributed by atoms with Crippen molar-refractivity contribution in [2.45, 2.75) is 26.4 Å². The van der Waals surface area contributed by atoms with E-state index in [4.69, 9.17) is 16.0 Å². The quantitative estimate of drug-likeness (QED) is 0.486. The molecule has 0 bridgehead atoms. The molecule has 0 saturated carbocycles. The first-order valence-corrected chi connectivity index (χ1v) is 8.78. The van der Waals surface area contributed by atoms with Gasteiger partial charge < -0.3 is 9.47 Å². The molecule has 0 fully saturated rings. The Morgan fingerprint density at radius 2 is 1.92 bits per heavy atom. The number of carbonyl (C=O) groups is 1. The molecule has 1 aromatic heterocycles. The van der Waals surface area contributed by atoms with Crippen LogP contribution in [0.1, 0.15) is 20.8 Å². The van der Waals surface area contributed by atoms with Gasteiger partial charge in [0.1, 0.15) is 16.8 Å². The third kappa shape index (κ3) is 3.37. The van der Waals surface area contributed by atoms with Crippen LogP contribution < -0.4 is 4.74 Å². The number of carbonyl (C=O) groups excluding carboxylic acids is 1. The van der Waals surface area contributed by atoms with Crippen molar-refractivity contribution >= 4 is 34.4 Å². The fraction of sp³-hybridized carbons (Fsp3) is 0.263.